The Hall–Kier alpha value is -2.57. The summed E-state index contributed by atoms with van der Waals surface area (Å²) in [4.78, 5) is 38.7. The van der Waals surface area contributed by atoms with E-state index in [1.54, 1.807) is 31.4 Å². The van der Waals surface area contributed by atoms with Crippen molar-refractivity contribution < 1.29 is 19.1 Å². The minimum absolute atomic E-state index is 0.300. The van der Waals surface area contributed by atoms with E-state index in [1.165, 1.54) is 0 Å². The summed E-state index contributed by atoms with van der Waals surface area (Å²) in [6, 6.07) is 6.43. The first-order valence-corrected chi connectivity index (χ1v) is 8.78. The van der Waals surface area contributed by atoms with Crippen LogP contribution in [-0.4, -0.2) is 41.9 Å². The van der Waals surface area contributed by atoms with Crippen LogP contribution in [0.4, 0.5) is 4.79 Å². The van der Waals surface area contributed by atoms with Crippen molar-refractivity contribution in [1.29, 1.82) is 0 Å². The highest BCUT2D eigenvalue weighted by Gasteiger charge is 2.51. The maximum absolute atomic E-state index is 13.0. The molecular formula is C19H27N3O4. The molecule has 0 spiro atoms. The zero-order valence-corrected chi connectivity index (χ0v) is 16.0. The molecule has 1 aromatic carbocycles. The van der Waals surface area contributed by atoms with Gasteiger partial charge in [0.25, 0.3) is 5.91 Å². The van der Waals surface area contributed by atoms with Gasteiger partial charge in [0.05, 0.1) is 7.11 Å². The Morgan fingerprint density at radius 2 is 1.85 bits per heavy atom. The molecule has 0 unspecified atom stereocenters. The zero-order valence-electron chi connectivity index (χ0n) is 16.0. The summed E-state index contributed by atoms with van der Waals surface area (Å²) < 4.78 is 5.14. The second kappa shape index (κ2) is 7.35. The molecule has 1 aliphatic rings. The Morgan fingerprint density at radius 3 is 2.35 bits per heavy atom. The van der Waals surface area contributed by atoms with E-state index in [0.29, 0.717) is 17.7 Å². The van der Waals surface area contributed by atoms with Gasteiger partial charge in [-0.2, -0.15) is 0 Å². The van der Waals surface area contributed by atoms with E-state index in [1.807, 2.05) is 27.7 Å². The topological polar surface area (TPSA) is 87.7 Å². The molecule has 26 heavy (non-hydrogen) atoms. The van der Waals surface area contributed by atoms with Gasteiger partial charge in [-0.1, -0.05) is 26.0 Å². The second-order valence-electron chi connectivity index (χ2n) is 7.09. The van der Waals surface area contributed by atoms with Crippen LogP contribution >= 0.6 is 0 Å². The predicted octanol–water partition coefficient (Wildman–Crippen LogP) is 2.16. The minimum Gasteiger partial charge on any atom is -0.497 e. The number of urea groups is 1. The van der Waals surface area contributed by atoms with Crippen LogP contribution in [-0.2, 0) is 15.1 Å². The van der Waals surface area contributed by atoms with Crippen molar-refractivity contribution in [3.05, 3.63) is 29.8 Å². The number of rotatable bonds is 7. The van der Waals surface area contributed by atoms with Crippen LogP contribution in [0.25, 0.3) is 0 Å². The van der Waals surface area contributed by atoms with Crippen molar-refractivity contribution in [3.63, 3.8) is 0 Å². The van der Waals surface area contributed by atoms with Gasteiger partial charge >= 0.3 is 6.03 Å². The van der Waals surface area contributed by atoms with Crippen LogP contribution in [0, 0.1) is 0 Å². The summed E-state index contributed by atoms with van der Waals surface area (Å²) in [5, 5.41) is 5.61. The quantitative estimate of drug-likeness (QED) is 0.729. The largest absolute Gasteiger partial charge is 0.497 e. The lowest BCUT2D eigenvalue weighted by Gasteiger charge is -2.27. The van der Waals surface area contributed by atoms with Crippen molar-refractivity contribution in [2.45, 2.75) is 51.6 Å². The smallest absolute Gasteiger partial charge is 0.325 e. The van der Waals surface area contributed by atoms with Gasteiger partial charge in [-0.15, -0.1) is 0 Å². The number of hydrogen-bond acceptors (Lipinski definition) is 4. The van der Waals surface area contributed by atoms with E-state index in [4.69, 9.17) is 4.74 Å². The first-order valence-electron chi connectivity index (χ1n) is 8.78. The first kappa shape index (κ1) is 19.8. The molecule has 0 bridgehead atoms. The van der Waals surface area contributed by atoms with Crippen LogP contribution in [0.2, 0.25) is 0 Å². The molecule has 0 radical (unpaired) electrons. The number of ether oxygens (including phenoxy) is 1. The van der Waals surface area contributed by atoms with Crippen LogP contribution in [0.1, 0.15) is 46.1 Å². The molecule has 0 aliphatic carbocycles. The lowest BCUT2D eigenvalue weighted by Crippen LogP contribution is -2.49. The summed E-state index contributed by atoms with van der Waals surface area (Å²) in [6.07, 6.45) is 1.12. The van der Waals surface area contributed by atoms with E-state index in [9.17, 15) is 14.4 Å². The minimum atomic E-state index is -1.16. The van der Waals surface area contributed by atoms with Gasteiger partial charge in [0.2, 0.25) is 5.91 Å². The number of methoxy groups -OCH3 is 1. The predicted molar refractivity (Wildman–Crippen MR) is 97.7 cm³/mol. The number of hydrogen-bond donors (Lipinski definition) is 2. The van der Waals surface area contributed by atoms with E-state index < -0.39 is 23.0 Å². The monoisotopic (exact) mass is 361 g/mol. The SMILES string of the molecule is CCC(C)(C)NC(=O)CN1C(=O)N[C@](CC)(c2ccc(OC)cc2)C1=O. The third-order valence-electron chi connectivity index (χ3n) is 4.95. The Kier molecular flexibility index (Phi) is 5.59. The third-order valence-corrected chi connectivity index (χ3v) is 4.95. The Balaban J connectivity index is 2.23. The van der Waals surface area contributed by atoms with Crippen molar-refractivity contribution >= 4 is 17.8 Å². The number of nitrogens with one attached hydrogen (secondary N) is 2. The van der Waals surface area contributed by atoms with Gasteiger partial charge in [-0.3, -0.25) is 14.5 Å². The molecule has 2 rings (SSSR count). The summed E-state index contributed by atoms with van der Waals surface area (Å²) in [6.45, 7) is 7.27. The molecule has 2 N–H and O–H groups in total. The first-order chi connectivity index (χ1) is 12.2. The average molecular weight is 361 g/mol. The highest BCUT2D eigenvalue weighted by Crippen LogP contribution is 2.33. The van der Waals surface area contributed by atoms with Crippen LogP contribution < -0.4 is 15.4 Å². The highest BCUT2D eigenvalue weighted by atomic mass is 16.5. The zero-order chi connectivity index (χ0) is 19.5. The fourth-order valence-corrected chi connectivity index (χ4v) is 2.93. The molecule has 1 fully saturated rings. The number of amides is 4. The molecule has 1 heterocycles. The van der Waals surface area contributed by atoms with Crippen LogP contribution in [0.3, 0.4) is 0 Å². The Bertz CT molecular complexity index is 699. The normalized spacial score (nSPS) is 20.1. The van der Waals surface area contributed by atoms with Crippen molar-refractivity contribution in [2.75, 3.05) is 13.7 Å². The fraction of sp³-hybridized carbons (Fsp3) is 0.526. The lowest BCUT2D eigenvalue weighted by atomic mass is 9.87. The molecule has 4 amide bonds. The second-order valence-corrected chi connectivity index (χ2v) is 7.09. The number of carbonyl (C=O) groups is 3. The molecule has 1 aromatic rings. The Morgan fingerprint density at radius 1 is 1.23 bits per heavy atom. The van der Waals surface area contributed by atoms with E-state index in [2.05, 4.69) is 10.6 Å². The van der Waals surface area contributed by atoms with Gasteiger partial charge in [-0.25, -0.2) is 4.79 Å². The standard InChI is InChI=1S/C19H27N3O4/c1-6-18(3,4)20-15(23)12-22-16(24)19(7-2,21-17(22)25)13-8-10-14(26-5)11-9-13/h8-11H,6-7,12H2,1-5H3,(H,20,23)(H,21,25)/t19-/m1/s1. The number of nitrogens with zero attached hydrogens (tertiary/aromatic N) is 1. The van der Waals surface area contributed by atoms with Gasteiger partial charge in [0, 0.05) is 5.54 Å². The van der Waals surface area contributed by atoms with Crippen molar-refractivity contribution in [3.8, 4) is 5.75 Å². The summed E-state index contributed by atoms with van der Waals surface area (Å²) in [7, 11) is 1.56. The number of benzene rings is 1. The molecule has 0 saturated carbocycles. The summed E-state index contributed by atoms with van der Waals surface area (Å²) in [5.41, 5.74) is -0.895. The lowest BCUT2D eigenvalue weighted by molar-refractivity contribution is -0.135. The molecule has 1 atom stereocenters. The summed E-state index contributed by atoms with van der Waals surface area (Å²) in [5.74, 6) is -0.114. The maximum Gasteiger partial charge on any atom is 0.325 e. The van der Waals surface area contributed by atoms with Crippen molar-refractivity contribution in [1.82, 2.24) is 15.5 Å². The number of carbonyl (C=O) groups excluding carboxylic acids is 3. The number of imide groups is 1. The van der Waals surface area contributed by atoms with Gasteiger partial charge < -0.3 is 15.4 Å². The molecule has 142 valence electrons. The van der Waals surface area contributed by atoms with E-state index in [-0.39, 0.29) is 12.5 Å². The van der Waals surface area contributed by atoms with Crippen molar-refractivity contribution in [2.24, 2.45) is 0 Å². The summed E-state index contributed by atoms with van der Waals surface area (Å²) >= 11 is 0. The molecule has 7 nitrogen and oxygen atoms in total. The average Bonchev–Trinajstić information content (AvgIpc) is 2.86. The highest BCUT2D eigenvalue weighted by molar-refractivity contribution is 6.09. The fourth-order valence-electron chi connectivity index (χ4n) is 2.93. The van der Waals surface area contributed by atoms with E-state index in [0.717, 1.165) is 11.3 Å². The molecule has 1 saturated heterocycles. The van der Waals surface area contributed by atoms with E-state index >= 15 is 0 Å². The van der Waals surface area contributed by atoms with Crippen LogP contribution in [0.5, 0.6) is 5.75 Å². The van der Waals surface area contributed by atoms with Gasteiger partial charge in [0.1, 0.15) is 17.8 Å². The Labute approximate surface area is 154 Å². The molecule has 0 aromatic heterocycles. The molecular weight excluding hydrogens is 334 g/mol. The molecule has 1 aliphatic heterocycles. The maximum atomic E-state index is 13.0. The third kappa shape index (κ3) is 3.66. The molecule has 7 heteroatoms. The van der Waals surface area contributed by atoms with Gasteiger partial charge in [-0.05, 0) is 44.4 Å². The van der Waals surface area contributed by atoms with Crippen LogP contribution in [0.15, 0.2) is 24.3 Å². The van der Waals surface area contributed by atoms with Gasteiger partial charge in [0.15, 0.2) is 0 Å².